The summed E-state index contributed by atoms with van der Waals surface area (Å²) in [7, 11) is 3.51. The highest BCUT2D eigenvalue weighted by Gasteiger charge is 2.09. The molecule has 19 heavy (non-hydrogen) atoms. The van der Waals surface area contributed by atoms with Crippen LogP contribution in [-0.4, -0.2) is 24.9 Å². The number of carbonyl (C=O) groups excluding carboxylic acids is 1. The van der Waals surface area contributed by atoms with Crippen LogP contribution in [0.15, 0.2) is 41.8 Å². The highest BCUT2D eigenvalue weighted by Crippen LogP contribution is 2.23. The summed E-state index contributed by atoms with van der Waals surface area (Å²) in [5, 5.41) is 5.50. The average Bonchev–Trinajstić information content (AvgIpc) is 2.92. The highest BCUT2D eigenvalue weighted by atomic mass is 32.1. The third-order valence-corrected chi connectivity index (χ3v) is 3.95. The van der Waals surface area contributed by atoms with Gasteiger partial charge in [0.05, 0.1) is 6.04 Å². The quantitative estimate of drug-likeness (QED) is 0.923. The Morgan fingerprint density at radius 1 is 1.21 bits per heavy atom. The number of rotatable bonds is 4. The molecule has 1 aromatic heterocycles. The Kier molecular flexibility index (Phi) is 4.22. The lowest BCUT2D eigenvalue weighted by Crippen LogP contribution is -2.21. The standard InChI is InChI=1S/C15H18N2OS/c1-11(14-5-4-10-19-14)16-13-8-6-12(7-9-13)15(18)17(2)3/h4-11,16H,1-3H3. The van der Waals surface area contributed by atoms with Crippen LogP contribution in [0.25, 0.3) is 0 Å². The summed E-state index contributed by atoms with van der Waals surface area (Å²) in [6.45, 7) is 2.13. The Balaban J connectivity index is 2.05. The number of hydrogen-bond donors (Lipinski definition) is 1. The van der Waals surface area contributed by atoms with Crippen LogP contribution < -0.4 is 5.32 Å². The summed E-state index contributed by atoms with van der Waals surface area (Å²) in [5.41, 5.74) is 1.73. The Morgan fingerprint density at radius 2 is 1.89 bits per heavy atom. The number of amides is 1. The van der Waals surface area contributed by atoms with Crippen molar-refractivity contribution in [3.8, 4) is 0 Å². The molecule has 1 heterocycles. The van der Waals surface area contributed by atoms with Gasteiger partial charge in [-0.05, 0) is 42.6 Å². The topological polar surface area (TPSA) is 32.3 Å². The normalized spacial score (nSPS) is 11.9. The van der Waals surface area contributed by atoms with E-state index in [1.54, 1.807) is 30.3 Å². The van der Waals surface area contributed by atoms with E-state index in [9.17, 15) is 4.79 Å². The van der Waals surface area contributed by atoms with Gasteiger partial charge in [0.25, 0.3) is 5.91 Å². The second-order valence-electron chi connectivity index (χ2n) is 4.66. The van der Waals surface area contributed by atoms with Crippen LogP contribution in [0.1, 0.15) is 28.2 Å². The summed E-state index contributed by atoms with van der Waals surface area (Å²) in [6.07, 6.45) is 0. The maximum atomic E-state index is 11.8. The molecule has 0 spiro atoms. The first-order valence-electron chi connectivity index (χ1n) is 6.19. The molecule has 4 heteroatoms. The molecule has 0 aliphatic carbocycles. The van der Waals surface area contributed by atoms with Crippen LogP contribution in [0.4, 0.5) is 5.69 Å². The number of carbonyl (C=O) groups is 1. The van der Waals surface area contributed by atoms with E-state index in [1.807, 2.05) is 24.3 Å². The van der Waals surface area contributed by atoms with Crippen molar-refractivity contribution in [2.75, 3.05) is 19.4 Å². The minimum Gasteiger partial charge on any atom is -0.378 e. The van der Waals surface area contributed by atoms with Crippen molar-refractivity contribution in [1.82, 2.24) is 4.90 Å². The molecule has 2 aromatic rings. The molecule has 0 aliphatic rings. The SMILES string of the molecule is CC(Nc1ccc(C(=O)N(C)C)cc1)c1cccs1. The second-order valence-corrected chi connectivity index (χ2v) is 5.64. The lowest BCUT2D eigenvalue weighted by molar-refractivity contribution is 0.0827. The van der Waals surface area contributed by atoms with E-state index in [1.165, 1.54) is 4.88 Å². The van der Waals surface area contributed by atoms with Crippen LogP contribution in [0.3, 0.4) is 0 Å². The van der Waals surface area contributed by atoms with E-state index in [0.29, 0.717) is 5.56 Å². The number of nitrogens with one attached hydrogen (secondary N) is 1. The maximum Gasteiger partial charge on any atom is 0.253 e. The summed E-state index contributed by atoms with van der Waals surface area (Å²) >= 11 is 1.74. The van der Waals surface area contributed by atoms with E-state index in [4.69, 9.17) is 0 Å². The molecule has 3 nitrogen and oxygen atoms in total. The largest absolute Gasteiger partial charge is 0.378 e. The molecule has 0 aliphatic heterocycles. The van der Waals surface area contributed by atoms with Crippen LogP contribution in [0.5, 0.6) is 0 Å². The minimum atomic E-state index is 0.0258. The summed E-state index contributed by atoms with van der Waals surface area (Å²) in [5.74, 6) is 0.0258. The molecule has 1 amide bonds. The van der Waals surface area contributed by atoms with Crippen molar-refractivity contribution >= 4 is 22.9 Å². The van der Waals surface area contributed by atoms with Crippen LogP contribution in [0.2, 0.25) is 0 Å². The second kappa shape index (κ2) is 5.89. The summed E-state index contributed by atoms with van der Waals surface area (Å²) in [4.78, 5) is 14.7. The number of hydrogen-bond acceptors (Lipinski definition) is 3. The first kappa shape index (κ1) is 13.6. The average molecular weight is 274 g/mol. The first-order valence-corrected chi connectivity index (χ1v) is 7.07. The van der Waals surface area contributed by atoms with Gasteiger partial charge >= 0.3 is 0 Å². The van der Waals surface area contributed by atoms with Gasteiger partial charge in [0.15, 0.2) is 0 Å². The van der Waals surface area contributed by atoms with Crippen molar-refractivity contribution in [3.05, 3.63) is 52.2 Å². The highest BCUT2D eigenvalue weighted by molar-refractivity contribution is 7.10. The molecule has 1 atom stereocenters. The van der Waals surface area contributed by atoms with Crippen molar-refractivity contribution < 1.29 is 4.79 Å². The lowest BCUT2D eigenvalue weighted by atomic mass is 10.1. The summed E-state index contributed by atoms with van der Waals surface area (Å²) in [6, 6.07) is 12.0. The molecule has 1 N–H and O–H groups in total. The van der Waals surface area contributed by atoms with Gasteiger partial charge in [-0.2, -0.15) is 0 Å². The number of anilines is 1. The van der Waals surface area contributed by atoms with Crippen molar-refractivity contribution in [2.24, 2.45) is 0 Å². The molecule has 0 radical (unpaired) electrons. The Labute approximate surface area is 117 Å². The van der Waals surface area contributed by atoms with E-state index < -0.39 is 0 Å². The smallest absolute Gasteiger partial charge is 0.253 e. The van der Waals surface area contributed by atoms with E-state index in [0.717, 1.165) is 5.69 Å². The van der Waals surface area contributed by atoms with Gasteiger partial charge in [-0.25, -0.2) is 0 Å². The van der Waals surface area contributed by atoms with Gasteiger partial charge in [0.1, 0.15) is 0 Å². The molecule has 0 bridgehead atoms. The first-order chi connectivity index (χ1) is 9.08. The van der Waals surface area contributed by atoms with Gasteiger partial charge in [-0.15, -0.1) is 11.3 Å². The van der Waals surface area contributed by atoms with Gasteiger partial charge in [-0.1, -0.05) is 6.07 Å². The molecule has 0 saturated carbocycles. The molecule has 1 aromatic carbocycles. The Hall–Kier alpha value is -1.81. The van der Waals surface area contributed by atoms with E-state index in [2.05, 4.69) is 29.8 Å². The third kappa shape index (κ3) is 3.35. The van der Waals surface area contributed by atoms with Crippen molar-refractivity contribution in [2.45, 2.75) is 13.0 Å². The maximum absolute atomic E-state index is 11.8. The number of benzene rings is 1. The Bertz CT molecular complexity index is 532. The zero-order chi connectivity index (χ0) is 13.8. The zero-order valence-electron chi connectivity index (χ0n) is 11.4. The van der Waals surface area contributed by atoms with Gasteiger partial charge in [-0.3, -0.25) is 4.79 Å². The predicted molar refractivity (Wildman–Crippen MR) is 80.8 cm³/mol. The number of thiophene rings is 1. The van der Waals surface area contributed by atoms with Gasteiger partial charge in [0.2, 0.25) is 0 Å². The fourth-order valence-corrected chi connectivity index (χ4v) is 2.56. The lowest BCUT2D eigenvalue weighted by Gasteiger charge is -2.15. The zero-order valence-corrected chi connectivity index (χ0v) is 12.2. The Morgan fingerprint density at radius 3 is 2.42 bits per heavy atom. The third-order valence-electron chi connectivity index (χ3n) is 2.89. The van der Waals surface area contributed by atoms with Crippen molar-refractivity contribution in [1.29, 1.82) is 0 Å². The van der Waals surface area contributed by atoms with Crippen LogP contribution in [-0.2, 0) is 0 Å². The molecule has 0 fully saturated rings. The molecule has 100 valence electrons. The fraction of sp³-hybridized carbons (Fsp3) is 0.267. The van der Waals surface area contributed by atoms with Gasteiger partial charge in [0, 0.05) is 30.2 Å². The number of nitrogens with zero attached hydrogens (tertiary/aromatic N) is 1. The monoisotopic (exact) mass is 274 g/mol. The molecule has 2 rings (SSSR count). The van der Waals surface area contributed by atoms with Crippen LogP contribution in [0, 0.1) is 0 Å². The molecular weight excluding hydrogens is 256 g/mol. The van der Waals surface area contributed by atoms with Crippen LogP contribution >= 0.6 is 11.3 Å². The van der Waals surface area contributed by atoms with E-state index >= 15 is 0 Å². The predicted octanol–water partition coefficient (Wildman–Crippen LogP) is 3.62. The van der Waals surface area contributed by atoms with Crippen molar-refractivity contribution in [3.63, 3.8) is 0 Å². The molecule has 1 unspecified atom stereocenters. The molecule has 0 saturated heterocycles. The van der Waals surface area contributed by atoms with E-state index in [-0.39, 0.29) is 11.9 Å². The fourth-order valence-electron chi connectivity index (χ4n) is 1.83. The molecular formula is C15H18N2OS. The summed E-state index contributed by atoms with van der Waals surface area (Å²) < 4.78 is 0. The van der Waals surface area contributed by atoms with Gasteiger partial charge < -0.3 is 10.2 Å². The minimum absolute atomic E-state index is 0.0258.